The van der Waals surface area contributed by atoms with Gasteiger partial charge in [-0.25, -0.2) is 4.79 Å². The summed E-state index contributed by atoms with van der Waals surface area (Å²) in [5.74, 6) is -0.841. The third kappa shape index (κ3) is 5.82. The van der Waals surface area contributed by atoms with E-state index in [1.54, 1.807) is 6.07 Å². The van der Waals surface area contributed by atoms with E-state index in [-0.39, 0.29) is 23.7 Å². The molecule has 0 saturated carbocycles. The molecule has 0 bridgehead atoms. The van der Waals surface area contributed by atoms with Gasteiger partial charge < -0.3 is 14.9 Å². The number of carbonyl (C=O) groups is 1. The first-order valence-corrected chi connectivity index (χ1v) is 8.87. The molecule has 25 heavy (non-hydrogen) atoms. The van der Waals surface area contributed by atoms with Crippen LogP contribution in [0.5, 0.6) is 11.5 Å². The molecule has 4 nitrogen and oxygen atoms in total. The van der Waals surface area contributed by atoms with Crippen molar-refractivity contribution in [1.29, 1.82) is 0 Å². The fourth-order valence-corrected chi connectivity index (χ4v) is 2.82. The molecule has 0 spiro atoms. The van der Waals surface area contributed by atoms with Crippen LogP contribution in [0.4, 0.5) is 0 Å². The zero-order chi connectivity index (χ0) is 18.1. The third-order valence-corrected chi connectivity index (χ3v) is 4.15. The number of phenols is 2. The second kappa shape index (κ2) is 9.72. The average Bonchev–Trinajstić information content (AvgIpc) is 2.60. The van der Waals surface area contributed by atoms with Crippen LogP contribution in [0, 0.1) is 0 Å². The summed E-state index contributed by atoms with van der Waals surface area (Å²) in [6.07, 6.45) is 6.10. The largest absolute Gasteiger partial charge is 0.508 e. The van der Waals surface area contributed by atoms with Gasteiger partial charge in [0, 0.05) is 6.07 Å². The van der Waals surface area contributed by atoms with Gasteiger partial charge in [-0.05, 0) is 30.0 Å². The van der Waals surface area contributed by atoms with Gasteiger partial charge in [0.05, 0.1) is 0 Å². The summed E-state index contributed by atoms with van der Waals surface area (Å²) in [6, 6.07) is 12.1. The number of ether oxygens (including phenoxy) is 1. The quantitative estimate of drug-likeness (QED) is 0.499. The number of esters is 1. The Morgan fingerprint density at radius 2 is 1.72 bits per heavy atom. The lowest BCUT2D eigenvalue weighted by molar-refractivity contribution is 0.0468. The Kier molecular flexibility index (Phi) is 7.33. The van der Waals surface area contributed by atoms with E-state index >= 15 is 0 Å². The second-order valence-electron chi connectivity index (χ2n) is 6.22. The first-order valence-electron chi connectivity index (χ1n) is 8.87. The molecule has 0 radical (unpaired) electrons. The molecule has 2 aromatic carbocycles. The van der Waals surface area contributed by atoms with Crippen LogP contribution in [0.25, 0.3) is 0 Å². The molecule has 0 aromatic heterocycles. The highest BCUT2D eigenvalue weighted by atomic mass is 16.5. The molecule has 0 saturated heterocycles. The van der Waals surface area contributed by atoms with Crippen LogP contribution in [-0.4, -0.2) is 16.2 Å². The van der Waals surface area contributed by atoms with Crippen molar-refractivity contribution >= 4 is 5.97 Å². The van der Waals surface area contributed by atoms with Crippen molar-refractivity contribution in [3.05, 3.63) is 59.2 Å². The Bertz CT molecular complexity index is 680. The zero-order valence-corrected chi connectivity index (χ0v) is 14.7. The first-order chi connectivity index (χ1) is 12.1. The van der Waals surface area contributed by atoms with Crippen molar-refractivity contribution in [1.82, 2.24) is 0 Å². The monoisotopic (exact) mass is 342 g/mol. The number of rotatable bonds is 9. The molecule has 2 aromatic rings. The third-order valence-electron chi connectivity index (χ3n) is 4.15. The molecule has 0 unspecified atom stereocenters. The van der Waals surface area contributed by atoms with E-state index in [4.69, 9.17) is 4.74 Å². The zero-order valence-electron chi connectivity index (χ0n) is 14.7. The van der Waals surface area contributed by atoms with Gasteiger partial charge >= 0.3 is 5.97 Å². The highest BCUT2D eigenvalue weighted by Gasteiger charge is 2.19. The second-order valence-corrected chi connectivity index (χ2v) is 6.22. The van der Waals surface area contributed by atoms with Crippen molar-refractivity contribution in [2.45, 2.75) is 52.1 Å². The van der Waals surface area contributed by atoms with Crippen molar-refractivity contribution in [3.8, 4) is 11.5 Å². The molecule has 0 aliphatic heterocycles. The number of carbonyl (C=O) groups excluding carboxylic acids is 1. The molecule has 2 rings (SSSR count). The van der Waals surface area contributed by atoms with Gasteiger partial charge in [-0.15, -0.1) is 0 Å². The number of aromatic hydroxyl groups is 2. The van der Waals surface area contributed by atoms with Gasteiger partial charge in [0.2, 0.25) is 0 Å². The van der Waals surface area contributed by atoms with Crippen LogP contribution in [-0.2, 0) is 17.8 Å². The molecular formula is C21H26O4. The van der Waals surface area contributed by atoms with E-state index in [1.165, 1.54) is 18.9 Å². The molecule has 0 heterocycles. The Labute approximate surface area is 149 Å². The van der Waals surface area contributed by atoms with Gasteiger partial charge in [-0.3, -0.25) is 0 Å². The molecule has 134 valence electrons. The fourth-order valence-electron chi connectivity index (χ4n) is 2.82. The molecular weight excluding hydrogens is 316 g/mol. The lowest BCUT2D eigenvalue weighted by atomic mass is 9.99. The Hall–Kier alpha value is -2.49. The maximum atomic E-state index is 12.4. The molecule has 0 fully saturated rings. The van der Waals surface area contributed by atoms with E-state index in [0.29, 0.717) is 12.0 Å². The SMILES string of the molecule is CCCCCCCc1cc(O)cc(O)c1C(=O)OCc1ccccc1. The lowest BCUT2D eigenvalue weighted by Gasteiger charge is -2.12. The van der Waals surface area contributed by atoms with Gasteiger partial charge in [0.15, 0.2) is 0 Å². The summed E-state index contributed by atoms with van der Waals surface area (Å²) in [5, 5.41) is 19.9. The smallest absolute Gasteiger partial charge is 0.342 e. The van der Waals surface area contributed by atoms with Crippen LogP contribution in [0.1, 0.15) is 60.5 Å². The number of phenolic OH excluding ortho intramolecular Hbond substituents is 2. The van der Waals surface area contributed by atoms with Gasteiger partial charge in [-0.2, -0.15) is 0 Å². The summed E-state index contributed by atoms with van der Waals surface area (Å²) in [4.78, 5) is 12.4. The lowest BCUT2D eigenvalue weighted by Crippen LogP contribution is -2.09. The highest BCUT2D eigenvalue weighted by Crippen LogP contribution is 2.29. The summed E-state index contributed by atoms with van der Waals surface area (Å²) < 4.78 is 5.34. The van der Waals surface area contributed by atoms with E-state index in [9.17, 15) is 15.0 Å². The Morgan fingerprint density at radius 1 is 1.00 bits per heavy atom. The maximum absolute atomic E-state index is 12.4. The summed E-state index contributed by atoms with van der Waals surface area (Å²) in [7, 11) is 0. The number of unbranched alkanes of at least 4 members (excludes halogenated alkanes) is 4. The minimum absolute atomic E-state index is 0.0410. The topological polar surface area (TPSA) is 66.8 Å². The predicted molar refractivity (Wildman–Crippen MR) is 97.8 cm³/mol. The summed E-state index contributed by atoms with van der Waals surface area (Å²) in [6.45, 7) is 2.31. The van der Waals surface area contributed by atoms with Gasteiger partial charge in [0.1, 0.15) is 23.7 Å². The van der Waals surface area contributed by atoms with Gasteiger partial charge in [0.25, 0.3) is 0 Å². The molecule has 0 aliphatic carbocycles. The van der Waals surface area contributed by atoms with E-state index in [2.05, 4.69) is 6.92 Å². The van der Waals surface area contributed by atoms with Gasteiger partial charge in [-0.1, -0.05) is 62.9 Å². The van der Waals surface area contributed by atoms with Crippen LogP contribution in [0.15, 0.2) is 42.5 Å². The standard InChI is InChI=1S/C21H26O4/c1-2-3-4-5-9-12-17-13-18(22)14-19(23)20(17)21(24)25-15-16-10-7-6-8-11-16/h6-8,10-11,13-14,22-23H,2-5,9,12,15H2,1H3. The Balaban J connectivity index is 2.05. The molecule has 4 heteroatoms. The highest BCUT2D eigenvalue weighted by molar-refractivity contribution is 5.94. The number of aryl methyl sites for hydroxylation is 1. The van der Waals surface area contributed by atoms with Crippen molar-refractivity contribution < 1.29 is 19.7 Å². The van der Waals surface area contributed by atoms with Crippen LogP contribution >= 0.6 is 0 Å². The minimum atomic E-state index is -0.565. The van der Waals surface area contributed by atoms with Crippen molar-refractivity contribution in [2.24, 2.45) is 0 Å². The first kappa shape index (κ1) is 18.8. The molecule has 0 amide bonds. The normalized spacial score (nSPS) is 10.6. The fraction of sp³-hybridized carbons (Fsp3) is 0.381. The maximum Gasteiger partial charge on any atom is 0.342 e. The van der Waals surface area contributed by atoms with E-state index < -0.39 is 5.97 Å². The summed E-state index contributed by atoms with van der Waals surface area (Å²) in [5.41, 5.74) is 1.67. The number of benzene rings is 2. The predicted octanol–water partition coefficient (Wildman–Crippen LogP) is 4.97. The van der Waals surface area contributed by atoms with Crippen LogP contribution < -0.4 is 0 Å². The van der Waals surface area contributed by atoms with Crippen molar-refractivity contribution in [3.63, 3.8) is 0 Å². The molecule has 2 N–H and O–H groups in total. The van der Waals surface area contributed by atoms with Crippen molar-refractivity contribution in [2.75, 3.05) is 0 Å². The average molecular weight is 342 g/mol. The number of hydrogen-bond acceptors (Lipinski definition) is 4. The van der Waals surface area contributed by atoms with E-state index in [0.717, 1.165) is 24.8 Å². The van der Waals surface area contributed by atoms with Crippen LogP contribution in [0.2, 0.25) is 0 Å². The Morgan fingerprint density at radius 3 is 2.44 bits per heavy atom. The molecule has 0 atom stereocenters. The molecule has 0 aliphatic rings. The van der Waals surface area contributed by atoms with Crippen LogP contribution in [0.3, 0.4) is 0 Å². The minimum Gasteiger partial charge on any atom is -0.508 e. The van der Waals surface area contributed by atoms with E-state index in [1.807, 2.05) is 30.3 Å². The summed E-state index contributed by atoms with van der Waals surface area (Å²) >= 11 is 0. The number of hydrogen-bond donors (Lipinski definition) is 2.